The SMILES string of the molecule is O=C(N[C@H]1C[C@@H](C(=O)N[C@@H]2CCCc3ccccc32)N(C(=O)O)C1)OCC1c2ccccc2-c2ccccc21. The third-order valence-electron chi connectivity index (χ3n) is 8.20. The van der Waals surface area contributed by atoms with Crippen LogP contribution in [0.4, 0.5) is 9.59 Å². The molecule has 0 spiro atoms. The minimum absolute atomic E-state index is 0.0267. The van der Waals surface area contributed by atoms with Crippen LogP contribution >= 0.6 is 0 Å². The number of carbonyl (C=O) groups is 3. The molecule has 6 rings (SSSR count). The van der Waals surface area contributed by atoms with E-state index in [9.17, 15) is 19.5 Å². The van der Waals surface area contributed by atoms with Gasteiger partial charge in [0.15, 0.2) is 0 Å². The van der Waals surface area contributed by atoms with E-state index in [2.05, 4.69) is 41.0 Å². The lowest BCUT2D eigenvalue weighted by Crippen LogP contribution is -2.46. The lowest BCUT2D eigenvalue weighted by atomic mass is 9.87. The van der Waals surface area contributed by atoms with E-state index in [1.165, 1.54) is 5.56 Å². The zero-order valence-electron chi connectivity index (χ0n) is 21.5. The Morgan fingerprint density at radius 1 is 0.872 bits per heavy atom. The number of ether oxygens (including phenoxy) is 1. The van der Waals surface area contributed by atoms with Crippen LogP contribution < -0.4 is 10.6 Å². The van der Waals surface area contributed by atoms with Crippen molar-refractivity contribution in [2.75, 3.05) is 13.2 Å². The lowest BCUT2D eigenvalue weighted by molar-refractivity contribution is -0.125. The molecular formula is C31H31N3O5. The summed E-state index contributed by atoms with van der Waals surface area (Å²) < 4.78 is 5.64. The molecule has 3 aromatic carbocycles. The maximum atomic E-state index is 13.2. The fourth-order valence-electron chi connectivity index (χ4n) is 6.38. The highest BCUT2D eigenvalue weighted by Crippen LogP contribution is 2.44. The first kappa shape index (κ1) is 25.0. The molecule has 2 aliphatic carbocycles. The van der Waals surface area contributed by atoms with Crippen molar-refractivity contribution in [3.05, 3.63) is 95.1 Å². The summed E-state index contributed by atoms with van der Waals surface area (Å²) in [5.41, 5.74) is 6.82. The van der Waals surface area contributed by atoms with E-state index in [0.717, 1.165) is 52.0 Å². The number of carboxylic acid groups (broad SMARTS) is 1. The first-order chi connectivity index (χ1) is 19.0. The quantitative estimate of drug-likeness (QED) is 0.442. The van der Waals surface area contributed by atoms with Crippen LogP contribution in [0, 0.1) is 0 Å². The monoisotopic (exact) mass is 525 g/mol. The van der Waals surface area contributed by atoms with Crippen molar-refractivity contribution >= 4 is 18.1 Å². The highest BCUT2D eigenvalue weighted by Gasteiger charge is 2.41. The molecule has 8 nitrogen and oxygen atoms in total. The zero-order valence-corrected chi connectivity index (χ0v) is 21.5. The van der Waals surface area contributed by atoms with E-state index in [1.54, 1.807) is 0 Å². The maximum Gasteiger partial charge on any atom is 0.408 e. The molecule has 3 N–H and O–H groups in total. The Labute approximate surface area is 227 Å². The number of likely N-dealkylation sites (tertiary alicyclic amines) is 1. The van der Waals surface area contributed by atoms with Gasteiger partial charge in [0, 0.05) is 12.5 Å². The summed E-state index contributed by atoms with van der Waals surface area (Å²) in [6.45, 7) is 0.194. The Bertz CT molecular complexity index is 1380. The number of nitrogens with one attached hydrogen (secondary N) is 2. The van der Waals surface area contributed by atoms with Crippen molar-refractivity contribution in [2.45, 2.75) is 49.7 Å². The van der Waals surface area contributed by atoms with Gasteiger partial charge in [0.2, 0.25) is 5.91 Å². The van der Waals surface area contributed by atoms with E-state index in [0.29, 0.717) is 0 Å². The summed E-state index contributed by atoms with van der Waals surface area (Å²) in [4.78, 5) is 39.1. The molecule has 0 radical (unpaired) electrons. The average Bonchev–Trinajstić information content (AvgIpc) is 3.52. The predicted octanol–water partition coefficient (Wildman–Crippen LogP) is 4.84. The van der Waals surface area contributed by atoms with Gasteiger partial charge in [-0.05, 0) is 59.1 Å². The van der Waals surface area contributed by atoms with Crippen LogP contribution in [-0.2, 0) is 16.0 Å². The molecule has 1 saturated heterocycles. The number of benzene rings is 3. The van der Waals surface area contributed by atoms with Crippen LogP contribution in [-0.4, -0.2) is 53.3 Å². The molecule has 0 unspecified atom stereocenters. The van der Waals surface area contributed by atoms with Gasteiger partial charge >= 0.3 is 12.2 Å². The molecule has 0 aromatic heterocycles. The summed E-state index contributed by atoms with van der Waals surface area (Å²) in [5.74, 6) is -0.407. The van der Waals surface area contributed by atoms with Crippen LogP contribution in [0.2, 0.25) is 0 Å². The number of alkyl carbamates (subject to hydrolysis) is 1. The van der Waals surface area contributed by atoms with Crippen molar-refractivity contribution in [3.63, 3.8) is 0 Å². The molecule has 1 heterocycles. The Balaban J connectivity index is 1.08. The Morgan fingerprint density at radius 3 is 2.21 bits per heavy atom. The number of rotatable bonds is 5. The van der Waals surface area contributed by atoms with Crippen molar-refractivity contribution in [1.82, 2.24) is 15.5 Å². The summed E-state index contributed by atoms with van der Waals surface area (Å²) in [7, 11) is 0. The minimum Gasteiger partial charge on any atom is -0.465 e. The molecule has 3 amide bonds. The standard InChI is InChI=1S/C31H31N3O5/c35-29(33-27-15-7-9-19-8-1-2-10-21(19)27)28-16-20(17-34(28)31(37)38)32-30(36)39-18-26-24-13-5-3-11-22(24)23-12-4-6-14-25(23)26/h1-6,8,10-14,20,26-28H,7,9,15-18H2,(H,32,36)(H,33,35)(H,37,38)/t20-,27+,28-/m0/s1. The second-order valence-electron chi connectivity index (χ2n) is 10.5. The van der Waals surface area contributed by atoms with Gasteiger partial charge in [-0.3, -0.25) is 9.69 Å². The number of nitrogens with zero attached hydrogens (tertiary/aromatic N) is 1. The van der Waals surface area contributed by atoms with Crippen molar-refractivity contribution in [2.24, 2.45) is 0 Å². The zero-order chi connectivity index (χ0) is 26.9. The molecule has 3 aliphatic rings. The van der Waals surface area contributed by atoms with Crippen LogP contribution in [0.5, 0.6) is 0 Å². The predicted molar refractivity (Wildman–Crippen MR) is 145 cm³/mol. The summed E-state index contributed by atoms with van der Waals surface area (Å²) in [6, 6.07) is 22.7. The lowest BCUT2D eigenvalue weighted by Gasteiger charge is -2.29. The van der Waals surface area contributed by atoms with E-state index in [1.807, 2.05) is 42.5 Å². The van der Waals surface area contributed by atoms with Crippen LogP contribution in [0.1, 0.15) is 53.5 Å². The highest BCUT2D eigenvalue weighted by molar-refractivity contribution is 5.86. The first-order valence-electron chi connectivity index (χ1n) is 13.5. The molecule has 8 heteroatoms. The fraction of sp³-hybridized carbons (Fsp3) is 0.323. The average molecular weight is 526 g/mol. The van der Waals surface area contributed by atoms with Gasteiger partial charge in [0.05, 0.1) is 12.1 Å². The molecule has 1 aliphatic heterocycles. The van der Waals surface area contributed by atoms with Gasteiger partial charge in [-0.25, -0.2) is 9.59 Å². The third kappa shape index (κ3) is 4.82. The molecule has 3 aromatic rings. The first-order valence-corrected chi connectivity index (χ1v) is 13.5. The highest BCUT2D eigenvalue weighted by atomic mass is 16.5. The van der Waals surface area contributed by atoms with Crippen LogP contribution in [0.15, 0.2) is 72.8 Å². The van der Waals surface area contributed by atoms with Gasteiger partial charge in [-0.2, -0.15) is 0 Å². The largest absolute Gasteiger partial charge is 0.465 e. The van der Waals surface area contributed by atoms with E-state index in [-0.39, 0.29) is 37.4 Å². The van der Waals surface area contributed by atoms with Crippen LogP contribution in [0.25, 0.3) is 11.1 Å². The molecular weight excluding hydrogens is 494 g/mol. The van der Waals surface area contributed by atoms with Gasteiger partial charge in [0.25, 0.3) is 0 Å². The minimum atomic E-state index is -1.18. The van der Waals surface area contributed by atoms with Crippen molar-refractivity contribution < 1.29 is 24.2 Å². The number of aryl methyl sites for hydroxylation is 1. The smallest absolute Gasteiger partial charge is 0.408 e. The second-order valence-corrected chi connectivity index (χ2v) is 10.5. The molecule has 0 bridgehead atoms. The Morgan fingerprint density at radius 2 is 1.51 bits per heavy atom. The van der Waals surface area contributed by atoms with Crippen molar-refractivity contribution in [3.8, 4) is 11.1 Å². The van der Waals surface area contributed by atoms with E-state index >= 15 is 0 Å². The molecule has 1 fully saturated rings. The molecule has 39 heavy (non-hydrogen) atoms. The van der Waals surface area contributed by atoms with Gasteiger partial charge in [0.1, 0.15) is 12.6 Å². The normalized spacial score (nSPS) is 21.4. The number of amides is 3. The fourth-order valence-corrected chi connectivity index (χ4v) is 6.38. The molecule has 3 atom stereocenters. The summed E-state index contributed by atoms with van der Waals surface area (Å²) >= 11 is 0. The van der Waals surface area contributed by atoms with Crippen molar-refractivity contribution in [1.29, 1.82) is 0 Å². The third-order valence-corrected chi connectivity index (χ3v) is 8.20. The summed E-state index contributed by atoms with van der Waals surface area (Å²) in [5, 5.41) is 15.6. The number of hydrogen-bond donors (Lipinski definition) is 3. The van der Waals surface area contributed by atoms with Crippen LogP contribution in [0.3, 0.4) is 0 Å². The second kappa shape index (κ2) is 10.4. The number of carbonyl (C=O) groups excluding carboxylic acids is 2. The Kier molecular flexibility index (Phi) is 6.69. The Hall–Kier alpha value is -4.33. The van der Waals surface area contributed by atoms with Gasteiger partial charge < -0.3 is 20.5 Å². The number of fused-ring (bicyclic) bond motifs is 4. The van der Waals surface area contributed by atoms with E-state index in [4.69, 9.17) is 4.74 Å². The van der Waals surface area contributed by atoms with Gasteiger partial charge in [-0.1, -0.05) is 72.8 Å². The van der Waals surface area contributed by atoms with Gasteiger partial charge in [-0.15, -0.1) is 0 Å². The topological polar surface area (TPSA) is 108 Å². The van der Waals surface area contributed by atoms with E-state index < -0.39 is 24.3 Å². The summed E-state index contributed by atoms with van der Waals surface area (Å²) in [6.07, 6.45) is 1.13. The number of hydrogen-bond acceptors (Lipinski definition) is 4. The molecule has 0 saturated carbocycles. The molecule has 200 valence electrons. The maximum absolute atomic E-state index is 13.2.